The second-order valence-electron chi connectivity index (χ2n) is 1.78. The van der Waals surface area contributed by atoms with Gasteiger partial charge in [-0.25, -0.2) is 0 Å². The predicted molar refractivity (Wildman–Crippen MR) is 41.8 cm³/mol. The van der Waals surface area contributed by atoms with Crippen LogP contribution < -0.4 is 0 Å². The van der Waals surface area contributed by atoms with Gasteiger partial charge in [-0.15, -0.1) is 0 Å². The van der Waals surface area contributed by atoms with Gasteiger partial charge in [0, 0.05) is 14.2 Å². The molecule has 0 saturated carbocycles. The molecule has 0 aromatic rings. The summed E-state index contributed by atoms with van der Waals surface area (Å²) in [5.41, 5.74) is 0. The number of unbranched alkanes of at least 4 members (excludes halogenated alkanes) is 1. The van der Waals surface area contributed by atoms with Gasteiger partial charge in [-0.2, -0.15) is 0 Å². The Morgan fingerprint density at radius 1 is 1.20 bits per heavy atom. The molecule has 0 aliphatic carbocycles. The summed E-state index contributed by atoms with van der Waals surface area (Å²) in [6, 6.07) is 0. The van der Waals surface area contributed by atoms with Gasteiger partial charge in [-0.3, -0.25) is 0 Å². The average Bonchev–Trinajstić information content (AvgIpc) is 1.99. The minimum absolute atomic E-state index is 0.726. The zero-order valence-electron chi connectivity index (χ0n) is 6.79. The standard InChI is InChI=1S/C6H15O3P/c1-4-5-6-9-10(7-2)8-3/h4-6H2,1-3H3. The summed E-state index contributed by atoms with van der Waals surface area (Å²) in [4.78, 5) is 0. The van der Waals surface area contributed by atoms with E-state index in [1.165, 1.54) is 0 Å². The van der Waals surface area contributed by atoms with Crippen LogP contribution in [0.4, 0.5) is 0 Å². The van der Waals surface area contributed by atoms with Crippen LogP contribution in [0.1, 0.15) is 19.8 Å². The van der Waals surface area contributed by atoms with Crippen LogP contribution in [0, 0.1) is 0 Å². The van der Waals surface area contributed by atoms with Crippen molar-refractivity contribution in [1.29, 1.82) is 0 Å². The monoisotopic (exact) mass is 166 g/mol. The zero-order valence-corrected chi connectivity index (χ0v) is 7.69. The van der Waals surface area contributed by atoms with E-state index in [-0.39, 0.29) is 0 Å². The Kier molecular flexibility index (Phi) is 7.65. The maximum Gasteiger partial charge on any atom is 0.332 e. The smallest absolute Gasteiger partial charge is 0.316 e. The second kappa shape index (κ2) is 7.42. The van der Waals surface area contributed by atoms with Crippen molar-refractivity contribution >= 4 is 8.60 Å². The Bertz CT molecular complexity index is 66.0. The van der Waals surface area contributed by atoms with Crippen LogP contribution in [0.2, 0.25) is 0 Å². The van der Waals surface area contributed by atoms with Crippen molar-refractivity contribution in [1.82, 2.24) is 0 Å². The van der Waals surface area contributed by atoms with Crippen LogP contribution in [-0.4, -0.2) is 20.8 Å². The summed E-state index contributed by atoms with van der Waals surface area (Å²) < 4.78 is 14.9. The van der Waals surface area contributed by atoms with E-state index in [9.17, 15) is 0 Å². The molecule has 0 aromatic carbocycles. The summed E-state index contributed by atoms with van der Waals surface area (Å²) in [7, 11) is 2.10. The van der Waals surface area contributed by atoms with Crippen LogP contribution in [0.25, 0.3) is 0 Å². The lowest BCUT2D eigenvalue weighted by atomic mass is 10.4. The first-order valence-corrected chi connectivity index (χ1v) is 4.46. The number of hydrogen-bond donors (Lipinski definition) is 0. The first-order valence-electron chi connectivity index (χ1n) is 3.36. The second-order valence-corrected chi connectivity index (χ2v) is 3.21. The van der Waals surface area contributed by atoms with Gasteiger partial charge in [0.1, 0.15) is 0 Å². The normalized spacial score (nSPS) is 10.8. The molecule has 0 N–H and O–H groups in total. The van der Waals surface area contributed by atoms with E-state index in [1.807, 2.05) is 0 Å². The van der Waals surface area contributed by atoms with Crippen LogP contribution in [-0.2, 0) is 13.6 Å². The molecule has 0 atom stereocenters. The van der Waals surface area contributed by atoms with Gasteiger partial charge in [0.2, 0.25) is 0 Å². The van der Waals surface area contributed by atoms with Crippen molar-refractivity contribution in [2.75, 3.05) is 20.8 Å². The third-order valence-corrected chi connectivity index (χ3v) is 1.98. The first kappa shape index (κ1) is 10.3. The summed E-state index contributed by atoms with van der Waals surface area (Å²) >= 11 is 0. The summed E-state index contributed by atoms with van der Waals surface area (Å²) in [6.45, 7) is 2.84. The molecule has 0 radical (unpaired) electrons. The maximum absolute atomic E-state index is 5.20. The molecule has 0 heterocycles. The molecule has 0 rings (SSSR count). The zero-order chi connectivity index (χ0) is 7.82. The van der Waals surface area contributed by atoms with Crippen molar-refractivity contribution in [3.8, 4) is 0 Å². The Labute approximate surface area is 63.7 Å². The van der Waals surface area contributed by atoms with Crippen molar-refractivity contribution in [2.45, 2.75) is 19.8 Å². The van der Waals surface area contributed by atoms with Gasteiger partial charge in [-0.1, -0.05) is 13.3 Å². The van der Waals surface area contributed by atoms with Crippen molar-refractivity contribution < 1.29 is 13.6 Å². The summed E-state index contributed by atoms with van der Waals surface area (Å²) in [6.07, 6.45) is 2.20. The fraction of sp³-hybridized carbons (Fsp3) is 1.00. The molecule has 0 amide bonds. The van der Waals surface area contributed by atoms with Crippen LogP contribution in [0.5, 0.6) is 0 Å². The van der Waals surface area contributed by atoms with Gasteiger partial charge < -0.3 is 13.6 Å². The van der Waals surface area contributed by atoms with Crippen LogP contribution in [0.3, 0.4) is 0 Å². The van der Waals surface area contributed by atoms with E-state index in [0.29, 0.717) is 0 Å². The molecule has 10 heavy (non-hydrogen) atoms. The topological polar surface area (TPSA) is 27.7 Å². The molecule has 0 bridgehead atoms. The van der Waals surface area contributed by atoms with E-state index >= 15 is 0 Å². The van der Waals surface area contributed by atoms with Crippen molar-refractivity contribution in [3.05, 3.63) is 0 Å². The average molecular weight is 166 g/mol. The highest BCUT2D eigenvalue weighted by molar-refractivity contribution is 7.41. The lowest BCUT2D eigenvalue weighted by Gasteiger charge is -2.10. The predicted octanol–water partition coefficient (Wildman–Crippen LogP) is 2.32. The molecule has 0 fully saturated rings. The molecular formula is C6H15O3P. The fourth-order valence-electron chi connectivity index (χ4n) is 0.463. The Hall–Kier alpha value is 0.310. The van der Waals surface area contributed by atoms with Gasteiger partial charge in [-0.05, 0) is 6.42 Å². The van der Waals surface area contributed by atoms with Crippen LogP contribution >= 0.6 is 8.60 Å². The van der Waals surface area contributed by atoms with Gasteiger partial charge in [0.15, 0.2) is 0 Å². The maximum atomic E-state index is 5.20. The fourth-order valence-corrected chi connectivity index (χ4v) is 1.10. The minimum atomic E-state index is -1.07. The van der Waals surface area contributed by atoms with E-state index in [1.54, 1.807) is 14.2 Å². The number of rotatable bonds is 6. The third-order valence-electron chi connectivity index (χ3n) is 0.993. The van der Waals surface area contributed by atoms with Gasteiger partial charge >= 0.3 is 8.60 Å². The SMILES string of the molecule is CCCCOP(OC)OC. The molecule has 0 spiro atoms. The van der Waals surface area contributed by atoms with Crippen molar-refractivity contribution in [2.24, 2.45) is 0 Å². The highest BCUT2D eigenvalue weighted by Gasteiger charge is 2.05. The Morgan fingerprint density at radius 2 is 1.80 bits per heavy atom. The Balaban J connectivity index is 3.09. The molecule has 0 aromatic heterocycles. The van der Waals surface area contributed by atoms with Gasteiger partial charge in [0.25, 0.3) is 0 Å². The van der Waals surface area contributed by atoms with E-state index in [2.05, 4.69) is 6.92 Å². The molecule has 3 nitrogen and oxygen atoms in total. The lowest BCUT2D eigenvalue weighted by Crippen LogP contribution is -1.91. The van der Waals surface area contributed by atoms with E-state index in [4.69, 9.17) is 13.6 Å². The molecule has 62 valence electrons. The highest BCUT2D eigenvalue weighted by atomic mass is 31.2. The van der Waals surface area contributed by atoms with Crippen molar-refractivity contribution in [3.63, 3.8) is 0 Å². The molecular weight excluding hydrogens is 151 g/mol. The summed E-state index contributed by atoms with van der Waals surface area (Å²) in [5, 5.41) is 0. The molecule has 4 heteroatoms. The quantitative estimate of drug-likeness (QED) is 0.447. The highest BCUT2D eigenvalue weighted by Crippen LogP contribution is 2.37. The number of hydrogen-bond acceptors (Lipinski definition) is 3. The first-order chi connectivity index (χ1) is 4.85. The van der Waals surface area contributed by atoms with Gasteiger partial charge in [0.05, 0.1) is 6.61 Å². The molecule has 0 unspecified atom stereocenters. The summed E-state index contributed by atoms with van der Waals surface area (Å²) in [5.74, 6) is 0. The molecule has 0 saturated heterocycles. The molecule has 0 aliphatic rings. The lowest BCUT2D eigenvalue weighted by molar-refractivity contribution is 0.203. The van der Waals surface area contributed by atoms with E-state index < -0.39 is 8.60 Å². The minimum Gasteiger partial charge on any atom is -0.316 e. The third kappa shape index (κ3) is 5.12. The molecule has 0 aliphatic heterocycles. The van der Waals surface area contributed by atoms with E-state index in [0.717, 1.165) is 19.4 Å². The Morgan fingerprint density at radius 3 is 2.20 bits per heavy atom. The largest absolute Gasteiger partial charge is 0.332 e. The van der Waals surface area contributed by atoms with Crippen LogP contribution in [0.15, 0.2) is 0 Å².